The lowest BCUT2D eigenvalue weighted by molar-refractivity contribution is 0.264. The summed E-state index contributed by atoms with van der Waals surface area (Å²) in [5, 5.41) is 3.78. The van der Waals surface area contributed by atoms with Gasteiger partial charge in [0.2, 0.25) is 0 Å². The Bertz CT molecular complexity index is 754. The average Bonchev–Trinajstić information content (AvgIpc) is 2.62. The molecular formula is C21H27BrClFN2O2. The van der Waals surface area contributed by atoms with Crippen molar-refractivity contribution in [1.82, 2.24) is 10.2 Å². The third kappa shape index (κ3) is 6.92. The lowest BCUT2D eigenvalue weighted by Gasteiger charge is -2.16. The van der Waals surface area contributed by atoms with Gasteiger partial charge in [0.1, 0.15) is 12.4 Å². The van der Waals surface area contributed by atoms with E-state index in [4.69, 9.17) is 21.1 Å². The first-order chi connectivity index (χ1) is 13.4. The minimum Gasteiger partial charge on any atom is -0.490 e. The molecule has 2 aromatic rings. The average molecular weight is 474 g/mol. The number of rotatable bonds is 11. The number of halogens is 3. The summed E-state index contributed by atoms with van der Waals surface area (Å²) in [6.45, 7) is 5.15. The second-order valence-corrected chi connectivity index (χ2v) is 7.92. The number of hydrogen-bond donors (Lipinski definition) is 1. The molecule has 0 saturated carbocycles. The van der Waals surface area contributed by atoms with E-state index in [0.29, 0.717) is 28.7 Å². The highest BCUT2D eigenvalue weighted by atomic mass is 79.9. The third-order valence-corrected chi connectivity index (χ3v) is 5.02. The zero-order valence-electron chi connectivity index (χ0n) is 16.5. The van der Waals surface area contributed by atoms with E-state index in [-0.39, 0.29) is 12.4 Å². The highest BCUT2D eigenvalue weighted by Gasteiger charge is 2.15. The number of benzene rings is 2. The summed E-state index contributed by atoms with van der Waals surface area (Å²) in [5.74, 6) is 0.770. The quantitative estimate of drug-likeness (QED) is 0.451. The Kier molecular flexibility index (Phi) is 9.51. The Hall–Kier alpha value is -1.34. The van der Waals surface area contributed by atoms with Crippen LogP contribution in [-0.2, 0) is 13.2 Å². The van der Waals surface area contributed by atoms with Gasteiger partial charge < -0.3 is 19.7 Å². The van der Waals surface area contributed by atoms with Gasteiger partial charge in [0.25, 0.3) is 0 Å². The molecule has 0 heterocycles. The molecule has 0 aliphatic carbocycles. The molecule has 2 rings (SSSR count). The van der Waals surface area contributed by atoms with Crippen molar-refractivity contribution in [3.63, 3.8) is 0 Å². The molecule has 0 unspecified atom stereocenters. The summed E-state index contributed by atoms with van der Waals surface area (Å²) in [6, 6.07) is 8.52. The summed E-state index contributed by atoms with van der Waals surface area (Å²) in [4.78, 5) is 2.17. The molecule has 0 aliphatic rings. The van der Waals surface area contributed by atoms with Crippen molar-refractivity contribution < 1.29 is 13.9 Å². The molecule has 4 nitrogen and oxygen atoms in total. The van der Waals surface area contributed by atoms with Gasteiger partial charge in [0.05, 0.1) is 16.1 Å². The van der Waals surface area contributed by atoms with Gasteiger partial charge in [-0.25, -0.2) is 4.39 Å². The molecule has 0 aliphatic heterocycles. The fourth-order valence-electron chi connectivity index (χ4n) is 2.69. The molecule has 154 valence electrons. The van der Waals surface area contributed by atoms with Crippen LogP contribution in [0.5, 0.6) is 11.5 Å². The summed E-state index contributed by atoms with van der Waals surface area (Å²) in [5.41, 5.74) is 1.40. The predicted molar refractivity (Wildman–Crippen MR) is 116 cm³/mol. The first kappa shape index (κ1) is 22.9. The van der Waals surface area contributed by atoms with Crippen LogP contribution in [0.1, 0.15) is 24.5 Å². The Morgan fingerprint density at radius 2 is 2.00 bits per heavy atom. The lowest BCUT2D eigenvalue weighted by atomic mass is 10.2. The summed E-state index contributed by atoms with van der Waals surface area (Å²) in [7, 11) is 4.14. The van der Waals surface area contributed by atoms with E-state index in [1.807, 2.05) is 19.1 Å². The van der Waals surface area contributed by atoms with Gasteiger partial charge in [0.15, 0.2) is 11.5 Å². The number of nitrogens with zero attached hydrogens (tertiary/aromatic N) is 1. The molecule has 0 amide bonds. The van der Waals surface area contributed by atoms with Crippen LogP contribution < -0.4 is 14.8 Å². The minimum atomic E-state index is -0.389. The first-order valence-electron chi connectivity index (χ1n) is 9.28. The van der Waals surface area contributed by atoms with E-state index in [9.17, 15) is 4.39 Å². The Balaban J connectivity index is 2.07. The zero-order valence-corrected chi connectivity index (χ0v) is 18.9. The maximum absolute atomic E-state index is 14.0. The fraction of sp³-hybridized carbons (Fsp3) is 0.429. The van der Waals surface area contributed by atoms with E-state index in [0.717, 1.165) is 36.1 Å². The van der Waals surface area contributed by atoms with Crippen molar-refractivity contribution >= 4 is 27.5 Å². The number of ether oxygens (including phenoxy) is 2. The molecule has 28 heavy (non-hydrogen) atoms. The lowest BCUT2D eigenvalue weighted by Crippen LogP contribution is -2.21. The van der Waals surface area contributed by atoms with Crippen LogP contribution in [-0.4, -0.2) is 38.7 Å². The van der Waals surface area contributed by atoms with Gasteiger partial charge in [-0.1, -0.05) is 17.7 Å². The monoisotopic (exact) mass is 472 g/mol. The number of nitrogens with one attached hydrogen (secondary N) is 1. The van der Waals surface area contributed by atoms with Crippen molar-refractivity contribution in [2.75, 3.05) is 33.8 Å². The molecule has 0 bridgehead atoms. The molecule has 0 saturated heterocycles. The highest BCUT2D eigenvalue weighted by Crippen LogP contribution is 2.38. The van der Waals surface area contributed by atoms with Crippen molar-refractivity contribution in [3.8, 4) is 11.5 Å². The standard InChI is InChI=1S/C21H27BrClFN2O2/c1-4-27-20-12-15(13-25-9-6-10-26(2)3)11-17(22)21(20)28-14-16-18(23)7-5-8-19(16)24/h5,7-8,11-12,25H,4,6,9-10,13-14H2,1-3H3. The Morgan fingerprint density at radius 3 is 2.68 bits per heavy atom. The summed E-state index contributed by atoms with van der Waals surface area (Å²) in [6.07, 6.45) is 1.08. The van der Waals surface area contributed by atoms with Crippen LogP contribution in [0, 0.1) is 5.82 Å². The fourth-order valence-corrected chi connectivity index (χ4v) is 3.52. The molecule has 0 aromatic heterocycles. The molecule has 0 fully saturated rings. The van der Waals surface area contributed by atoms with Crippen molar-refractivity contribution in [2.24, 2.45) is 0 Å². The maximum atomic E-state index is 14.0. The van der Waals surface area contributed by atoms with E-state index in [2.05, 4.69) is 40.2 Å². The highest BCUT2D eigenvalue weighted by molar-refractivity contribution is 9.10. The first-order valence-corrected chi connectivity index (χ1v) is 10.5. The van der Waals surface area contributed by atoms with Crippen LogP contribution in [0.2, 0.25) is 5.02 Å². The molecule has 1 N–H and O–H groups in total. The molecule has 2 aromatic carbocycles. The molecule has 0 radical (unpaired) electrons. The summed E-state index contributed by atoms with van der Waals surface area (Å²) < 4.78 is 26.4. The molecule has 0 spiro atoms. The smallest absolute Gasteiger partial charge is 0.175 e. The normalized spacial score (nSPS) is 11.1. The Labute approximate surface area is 180 Å². The number of hydrogen-bond acceptors (Lipinski definition) is 4. The SMILES string of the molecule is CCOc1cc(CNCCCN(C)C)cc(Br)c1OCc1c(F)cccc1Cl. The largest absolute Gasteiger partial charge is 0.490 e. The summed E-state index contributed by atoms with van der Waals surface area (Å²) >= 11 is 9.64. The third-order valence-electron chi connectivity index (χ3n) is 4.08. The zero-order chi connectivity index (χ0) is 20.5. The van der Waals surface area contributed by atoms with Crippen LogP contribution in [0.4, 0.5) is 4.39 Å². The van der Waals surface area contributed by atoms with E-state index in [1.165, 1.54) is 6.07 Å². The van der Waals surface area contributed by atoms with Crippen LogP contribution in [0.3, 0.4) is 0 Å². The van der Waals surface area contributed by atoms with Gasteiger partial charge in [0, 0.05) is 12.1 Å². The second kappa shape index (κ2) is 11.6. The Morgan fingerprint density at radius 1 is 1.21 bits per heavy atom. The van der Waals surface area contributed by atoms with Gasteiger partial charge >= 0.3 is 0 Å². The van der Waals surface area contributed by atoms with Crippen molar-refractivity contribution in [1.29, 1.82) is 0 Å². The van der Waals surface area contributed by atoms with Crippen molar-refractivity contribution in [3.05, 3.63) is 56.8 Å². The van der Waals surface area contributed by atoms with E-state index in [1.54, 1.807) is 12.1 Å². The maximum Gasteiger partial charge on any atom is 0.175 e. The van der Waals surface area contributed by atoms with Gasteiger partial charge in [-0.2, -0.15) is 0 Å². The van der Waals surface area contributed by atoms with Crippen LogP contribution in [0.25, 0.3) is 0 Å². The van der Waals surface area contributed by atoms with Crippen LogP contribution in [0.15, 0.2) is 34.8 Å². The van der Waals surface area contributed by atoms with Crippen molar-refractivity contribution in [2.45, 2.75) is 26.5 Å². The van der Waals surface area contributed by atoms with Crippen LogP contribution >= 0.6 is 27.5 Å². The molecular weight excluding hydrogens is 447 g/mol. The predicted octanol–water partition coefficient (Wildman–Crippen LogP) is 5.26. The van der Waals surface area contributed by atoms with Gasteiger partial charge in [-0.15, -0.1) is 0 Å². The second-order valence-electron chi connectivity index (χ2n) is 6.66. The van der Waals surface area contributed by atoms with E-state index >= 15 is 0 Å². The molecule has 0 atom stereocenters. The van der Waals surface area contributed by atoms with Gasteiger partial charge in [-0.3, -0.25) is 0 Å². The van der Waals surface area contributed by atoms with Gasteiger partial charge in [-0.05, 0) is 86.3 Å². The topological polar surface area (TPSA) is 33.7 Å². The minimum absolute atomic E-state index is 0.0202. The van der Waals surface area contributed by atoms with E-state index < -0.39 is 0 Å². The molecule has 7 heteroatoms.